The number of rotatable bonds is 53. The van der Waals surface area contributed by atoms with Crippen LogP contribution in [0.2, 0.25) is 153 Å². The second kappa shape index (κ2) is 37.4. The van der Waals surface area contributed by atoms with E-state index >= 15 is 0 Å². The molecule has 0 aliphatic heterocycles. The maximum absolute atomic E-state index is 11.6. The van der Waals surface area contributed by atoms with Gasteiger partial charge in [0.05, 0.1) is 44.8 Å². The van der Waals surface area contributed by atoms with Crippen molar-refractivity contribution in [2.45, 2.75) is 360 Å². The monoisotopic (exact) mass is 1630 g/mol. The van der Waals surface area contributed by atoms with E-state index in [0.29, 0.717) is 110 Å². The van der Waals surface area contributed by atoms with E-state index in [0.717, 1.165) is 0 Å². The van der Waals surface area contributed by atoms with E-state index in [4.69, 9.17) is 61.7 Å². The Kier molecular flexibility index (Phi) is 38.4. The summed E-state index contributed by atoms with van der Waals surface area (Å²) < 4.78 is 112. The molecule has 0 heterocycles. The first-order valence-electron chi connectivity index (χ1n) is 34.4. The summed E-state index contributed by atoms with van der Waals surface area (Å²) in [6, 6.07) is 3.15. The van der Waals surface area contributed by atoms with Crippen molar-refractivity contribution in [3.63, 3.8) is 0 Å². The van der Waals surface area contributed by atoms with E-state index < -0.39 is 178 Å². The lowest BCUT2D eigenvalue weighted by Gasteiger charge is -2.51. The zero-order valence-corrected chi connectivity index (χ0v) is 84.6. The zero-order valence-electron chi connectivity index (χ0n) is 66.2. The Bertz CT molecular complexity index is 2060. The number of hydrogen-bond acceptors (Lipinski definition) is 23. The van der Waals surface area contributed by atoms with Crippen LogP contribution in [-0.2, 0) is 61.7 Å². The van der Waals surface area contributed by atoms with Crippen molar-refractivity contribution in [2.75, 3.05) is 0 Å². The topological polar surface area (TPSA) is 300 Å². The van der Waals surface area contributed by atoms with E-state index in [-0.39, 0.29) is 0 Å². The van der Waals surface area contributed by atoms with Crippen LogP contribution in [0.5, 0.6) is 0 Å². The van der Waals surface area contributed by atoms with E-state index in [9.17, 15) is 40.9 Å². The lowest BCUT2D eigenvalue weighted by Crippen LogP contribution is -2.76. The zero-order chi connectivity index (χ0) is 75.1. The molecule has 0 saturated carbocycles. The molecule has 0 amide bonds. The lowest BCUT2D eigenvalue weighted by molar-refractivity contribution is 0.0199. The largest absolute Gasteiger partial charge is 0.646 e. The first-order chi connectivity index (χ1) is 41.7. The van der Waals surface area contributed by atoms with Gasteiger partial charge in [-0.05, 0) is 315 Å². The lowest BCUT2D eigenvalue weighted by atomic mass is 10.1. The second-order valence-electron chi connectivity index (χ2n) is 36.7. The van der Waals surface area contributed by atoms with Crippen LogP contribution in [0.4, 0.5) is 0 Å². The van der Waals surface area contributed by atoms with Gasteiger partial charge in [-0.15, -0.1) is 0 Å². The van der Waals surface area contributed by atoms with Gasteiger partial charge in [0.2, 0.25) is 0 Å². The molecule has 572 valence electrons. The first kappa shape index (κ1) is 97.6. The Morgan fingerprint density at radius 1 is 0.263 bits per heavy atom. The van der Waals surface area contributed by atoms with Crippen molar-refractivity contribution in [3.8, 4) is 0 Å². The van der Waals surface area contributed by atoms with Crippen LogP contribution in [0.1, 0.15) is 162 Å². The van der Waals surface area contributed by atoms with Gasteiger partial charge in [-0.1, -0.05) is 0 Å². The molecular formula is C56H146O23Si16. The van der Waals surface area contributed by atoms with Gasteiger partial charge in [-0.3, -0.25) is 0 Å². The molecule has 1 unspecified atom stereocenters. The summed E-state index contributed by atoms with van der Waals surface area (Å²) in [4.78, 5) is 0. The van der Waals surface area contributed by atoms with E-state index in [1.54, 1.807) is 111 Å². The minimum Gasteiger partial charge on any atom is -0.449 e. The van der Waals surface area contributed by atoms with Crippen molar-refractivity contribution in [1.82, 2.24) is 0 Å². The Hall–Kier alpha value is 2.55. The SMILES string of the molecule is CC(C)(O)CC[Si](C)(C)O[SiH](O[SiH2]O[SiH2]O[SiH2]O[SiH3])O[Si](O[Si](C)(C)CCC(C)(C)O)(O[Si](C)(C)CCC(C)(C)O)O[Si](O[Si](C)(C)CCC(C)(C)O)(O[Si](C)(C)CCC(C)(C)O)O[Si](O[Si](C)(C)CCC(C)(C)O)(O[Si](C)(C)CCC(C)(C)O)O[Si](C)(C)CCC(C)(C)O. The standard InChI is InChI=1S/C56H146O23Si16/c1-49(2,57)33-41-85(17,18)69-84(68-83-67-82-66-81-65-80)70-93(71-86(19,20)42-34-50(3,4)58,72-87(21,22)43-35-51(5,6)59)78-95(76-91(29,30)47-39-55(13,14)63,77-92(31,32)48-40-56(15,16)64)79-94(73-88(23,24)44-36-52(7,8)60,74-89(25,26)45-37-53(9,10)61)75-90(27,28)46-38-54(11,12)62/h57-64,84H,33-48,81-83H2,1-32,80H3. The predicted octanol–water partition coefficient (Wildman–Crippen LogP) is 8.47. The molecule has 0 aliphatic carbocycles. The van der Waals surface area contributed by atoms with Gasteiger partial charge in [-0.25, -0.2) is 0 Å². The molecule has 0 aliphatic rings. The van der Waals surface area contributed by atoms with Crippen LogP contribution in [0.3, 0.4) is 0 Å². The van der Waals surface area contributed by atoms with Crippen molar-refractivity contribution < 1.29 is 103 Å². The van der Waals surface area contributed by atoms with Gasteiger partial charge in [0.25, 0.3) is 30.0 Å². The van der Waals surface area contributed by atoms with Gasteiger partial charge in [0.1, 0.15) is 10.5 Å². The fraction of sp³-hybridized carbons (Fsp3) is 1.00. The quantitative estimate of drug-likeness (QED) is 0.0209. The fourth-order valence-electron chi connectivity index (χ4n) is 9.12. The summed E-state index contributed by atoms with van der Waals surface area (Å²) >= 11 is 0. The Morgan fingerprint density at radius 3 is 0.674 bits per heavy atom. The summed E-state index contributed by atoms with van der Waals surface area (Å²) in [7, 11) is -50.1. The van der Waals surface area contributed by atoms with Crippen LogP contribution in [0, 0.1) is 0 Å². The molecule has 8 N–H and O–H groups in total. The summed E-state index contributed by atoms with van der Waals surface area (Å²) in [6.07, 6.45) is 2.63. The van der Waals surface area contributed by atoms with Gasteiger partial charge < -0.3 is 103 Å². The highest BCUT2D eigenvalue weighted by Gasteiger charge is 2.72. The van der Waals surface area contributed by atoms with Crippen molar-refractivity contribution >= 4 is 144 Å². The number of hydrogen-bond donors (Lipinski definition) is 8. The molecule has 0 aromatic carbocycles. The van der Waals surface area contributed by atoms with Crippen molar-refractivity contribution in [2.24, 2.45) is 0 Å². The van der Waals surface area contributed by atoms with Gasteiger partial charge in [0.15, 0.2) is 66.5 Å². The molecule has 0 fully saturated rings. The Morgan fingerprint density at radius 2 is 0.453 bits per heavy atom. The number of aliphatic hydroxyl groups is 8. The maximum Gasteiger partial charge on any atom is 0.646 e. The summed E-state index contributed by atoms with van der Waals surface area (Å²) in [5.74, 6) is 0. The third-order valence-corrected chi connectivity index (χ3v) is 63.9. The highest BCUT2D eigenvalue weighted by molar-refractivity contribution is 6.96. The third-order valence-electron chi connectivity index (χ3n) is 15.3. The molecule has 23 nitrogen and oxygen atoms in total. The Balaban J connectivity index is 10.9. The molecule has 39 heteroatoms. The fourth-order valence-corrected chi connectivity index (χ4v) is 64.9. The molecule has 0 spiro atoms. The van der Waals surface area contributed by atoms with E-state index in [1.165, 1.54) is 0 Å². The molecule has 0 aromatic heterocycles. The third kappa shape index (κ3) is 50.6. The molecule has 0 bridgehead atoms. The van der Waals surface area contributed by atoms with Gasteiger partial charge in [-0.2, -0.15) is 0 Å². The molecule has 1 atom stereocenters. The first-order valence-corrected chi connectivity index (χ1v) is 69.9. The normalized spacial score (nSPS) is 16.2. The predicted molar refractivity (Wildman–Crippen MR) is 422 cm³/mol. The van der Waals surface area contributed by atoms with Crippen LogP contribution < -0.4 is 0 Å². The summed E-state index contributed by atoms with van der Waals surface area (Å²) in [6.45, 7) is 60.5. The summed E-state index contributed by atoms with van der Waals surface area (Å²) in [5, 5.41) is 91.9. The average Bonchev–Trinajstić information content (AvgIpc) is 0.744. The average molecular weight is 1640 g/mol. The van der Waals surface area contributed by atoms with Crippen molar-refractivity contribution in [3.05, 3.63) is 0 Å². The van der Waals surface area contributed by atoms with Crippen LogP contribution in [0.25, 0.3) is 0 Å². The van der Waals surface area contributed by atoms with E-state index in [1.807, 2.05) is 105 Å². The molecule has 0 radical (unpaired) electrons. The smallest absolute Gasteiger partial charge is 0.449 e. The van der Waals surface area contributed by atoms with Crippen LogP contribution in [-0.4, -0.2) is 229 Å². The highest BCUT2D eigenvalue weighted by Crippen LogP contribution is 2.43. The van der Waals surface area contributed by atoms with E-state index in [2.05, 4.69) is 0 Å². The van der Waals surface area contributed by atoms with Gasteiger partial charge >= 0.3 is 36.7 Å². The molecule has 0 rings (SSSR count). The maximum atomic E-state index is 11.6. The van der Waals surface area contributed by atoms with Gasteiger partial charge in [0, 0.05) is 0 Å². The highest BCUT2D eigenvalue weighted by atomic mass is 28.6. The molecule has 0 saturated heterocycles. The molecular weight excluding hydrogens is 1490 g/mol. The summed E-state index contributed by atoms with van der Waals surface area (Å²) in [5.41, 5.74) is -8.91. The minimum atomic E-state index is -5.50. The minimum absolute atomic E-state index is 0.292. The Labute approximate surface area is 602 Å². The van der Waals surface area contributed by atoms with Crippen LogP contribution >= 0.6 is 0 Å². The van der Waals surface area contributed by atoms with Crippen molar-refractivity contribution in [1.29, 1.82) is 0 Å². The second-order valence-corrected chi connectivity index (χ2v) is 89.3. The molecule has 0 aromatic rings. The molecule has 95 heavy (non-hydrogen) atoms. The van der Waals surface area contributed by atoms with Crippen LogP contribution in [0.15, 0.2) is 0 Å².